The molecule has 7 nitrogen and oxygen atoms in total. The number of anilines is 1. The SMILES string of the molecule is Cc1ccc(S(=O)(=O)N(CC(=O)N(Cc2c(Cl)cccc2Cl)C(C)C(=O)NC2CCCCC2)c2ccccc2)cc1. The summed E-state index contributed by atoms with van der Waals surface area (Å²) in [5, 5.41) is 3.78. The molecule has 1 atom stereocenters. The molecule has 3 aromatic carbocycles. The molecule has 0 aliphatic heterocycles. The third-order valence-corrected chi connectivity index (χ3v) is 9.94. The molecule has 0 bridgehead atoms. The molecule has 1 N–H and O–H groups in total. The molecule has 3 aromatic rings. The topological polar surface area (TPSA) is 86.8 Å². The van der Waals surface area contributed by atoms with Crippen LogP contribution >= 0.6 is 23.2 Å². The first kappa shape index (κ1) is 30.9. The van der Waals surface area contributed by atoms with Gasteiger partial charge in [-0.15, -0.1) is 0 Å². The van der Waals surface area contributed by atoms with Crippen LogP contribution in [0.15, 0.2) is 77.7 Å². The van der Waals surface area contributed by atoms with Crippen molar-refractivity contribution < 1.29 is 18.0 Å². The third-order valence-electron chi connectivity index (χ3n) is 7.44. The molecule has 10 heteroatoms. The van der Waals surface area contributed by atoms with Crippen molar-refractivity contribution in [2.75, 3.05) is 10.8 Å². The fourth-order valence-corrected chi connectivity index (χ4v) is 6.90. The van der Waals surface area contributed by atoms with Crippen molar-refractivity contribution in [1.82, 2.24) is 10.2 Å². The fraction of sp³-hybridized carbons (Fsp3) is 0.355. The predicted molar refractivity (Wildman–Crippen MR) is 164 cm³/mol. The number of hydrogen-bond donors (Lipinski definition) is 1. The second kappa shape index (κ2) is 13.7. The van der Waals surface area contributed by atoms with Gasteiger partial charge in [-0.25, -0.2) is 8.42 Å². The van der Waals surface area contributed by atoms with Gasteiger partial charge in [-0.1, -0.05) is 84.4 Å². The van der Waals surface area contributed by atoms with Crippen LogP contribution in [0, 0.1) is 6.92 Å². The third kappa shape index (κ3) is 7.61. The summed E-state index contributed by atoms with van der Waals surface area (Å²) in [4.78, 5) is 28.9. The Balaban J connectivity index is 1.69. The lowest BCUT2D eigenvalue weighted by atomic mass is 9.95. The van der Waals surface area contributed by atoms with Crippen LogP contribution < -0.4 is 9.62 Å². The summed E-state index contributed by atoms with van der Waals surface area (Å²) in [6, 6.07) is 19.1. The monoisotopic (exact) mass is 615 g/mol. The summed E-state index contributed by atoms with van der Waals surface area (Å²) in [7, 11) is -4.12. The van der Waals surface area contributed by atoms with E-state index in [9.17, 15) is 18.0 Å². The fourth-order valence-electron chi connectivity index (χ4n) is 4.97. The highest BCUT2D eigenvalue weighted by molar-refractivity contribution is 7.92. The van der Waals surface area contributed by atoms with Crippen LogP contribution in [0.3, 0.4) is 0 Å². The molecule has 0 spiro atoms. The minimum Gasteiger partial charge on any atom is -0.352 e. The summed E-state index contributed by atoms with van der Waals surface area (Å²) in [6.07, 6.45) is 5.00. The zero-order valence-electron chi connectivity index (χ0n) is 23.2. The Morgan fingerprint density at radius 3 is 2.12 bits per heavy atom. The quantitative estimate of drug-likeness (QED) is 0.287. The Bertz CT molecular complexity index is 1440. The van der Waals surface area contributed by atoms with Crippen molar-refractivity contribution in [3.63, 3.8) is 0 Å². The number of benzene rings is 3. The average molecular weight is 617 g/mol. The maximum absolute atomic E-state index is 14.1. The van der Waals surface area contributed by atoms with Gasteiger partial charge < -0.3 is 10.2 Å². The Labute approximate surface area is 252 Å². The summed E-state index contributed by atoms with van der Waals surface area (Å²) in [5.74, 6) is -0.868. The molecule has 0 radical (unpaired) electrons. The molecule has 1 aliphatic carbocycles. The Hall–Kier alpha value is -3.07. The van der Waals surface area contributed by atoms with E-state index in [0.29, 0.717) is 21.3 Å². The molecule has 1 unspecified atom stereocenters. The number of nitrogens with one attached hydrogen (secondary N) is 1. The van der Waals surface area contributed by atoms with E-state index in [1.54, 1.807) is 67.6 Å². The summed E-state index contributed by atoms with van der Waals surface area (Å²) >= 11 is 12.9. The number of halogens is 2. The molecular weight excluding hydrogens is 581 g/mol. The van der Waals surface area contributed by atoms with E-state index in [2.05, 4.69) is 5.32 Å². The van der Waals surface area contributed by atoms with Crippen LogP contribution in [0.5, 0.6) is 0 Å². The summed E-state index contributed by atoms with van der Waals surface area (Å²) in [5.41, 5.74) is 1.72. The first-order chi connectivity index (χ1) is 19.6. The second-order valence-electron chi connectivity index (χ2n) is 10.4. The second-order valence-corrected chi connectivity index (χ2v) is 13.1. The Morgan fingerprint density at radius 1 is 0.902 bits per heavy atom. The van der Waals surface area contributed by atoms with Crippen molar-refractivity contribution in [3.8, 4) is 0 Å². The van der Waals surface area contributed by atoms with Gasteiger partial charge in [0.05, 0.1) is 10.6 Å². The maximum atomic E-state index is 14.1. The molecule has 4 rings (SSSR count). The summed E-state index contributed by atoms with van der Waals surface area (Å²) in [6.45, 7) is 2.92. The van der Waals surface area contributed by atoms with Crippen molar-refractivity contribution in [2.45, 2.75) is 69.5 Å². The number of hydrogen-bond acceptors (Lipinski definition) is 4. The van der Waals surface area contributed by atoms with Gasteiger partial charge in [-0.3, -0.25) is 13.9 Å². The molecule has 0 heterocycles. The van der Waals surface area contributed by atoms with E-state index >= 15 is 0 Å². The number of carbonyl (C=O) groups excluding carboxylic acids is 2. The minimum atomic E-state index is -4.12. The lowest BCUT2D eigenvalue weighted by Gasteiger charge is -2.33. The van der Waals surface area contributed by atoms with Gasteiger partial charge in [0.25, 0.3) is 10.0 Å². The number of amides is 2. The number of sulfonamides is 1. The maximum Gasteiger partial charge on any atom is 0.264 e. The van der Waals surface area contributed by atoms with Gasteiger partial charge in [0.2, 0.25) is 11.8 Å². The summed E-state index contributed by atoms with van der Waals surface area (Å²) < 4.78 is 28.8. The molecule has 41 heavy (non-hydrogen) atoms. The molecule has 1 aliphatic rings. The van der Waals surface area contributed by atoms with E-state index in [-0.39, 0.29) is 23.4 Å². The number of nitrogens with zero attached hydrogens (tertiary/aromatic N) is 2. The largest absolute Gasteiger partial charge is 0.352 e. The van der Waals surface area contributed by atoms with E-state index in [0.717, 1.165) is 42.0 Å². The normalized spacial score (nSPS) is 14.7. The average Bonchev–Trinajstić information content (AvgIpc) is 2.96. The standard InChI is InChI=1S/C31H35Cl2N3O4S/c1-22-16-18-26(19-17-22)41(39,40)36(25-12-7-4-8-13-25)21-30(37)35(20-27-28(32)14-9-15-29(27)33)23(2)31(38)34-24-10-5-3-6-11-24/h4,7-9,12-19,23-24H,3,5-6,10-11,20-21H2,1-2H3,(H,34,38). The van der Waals surface area contributed by atoms with Crippen molar-refractivity contribution >= 4 is 50.7 Å². The van der Waals surface area contributed by atoms with Crippen LogP contribution in [-0.4, -0.2) is 43.8 Å². The highest BCUT2D eigenvalue weighted by atomic mass is 35.5. The molecule has 0 aromatic heterocycles. The van der Waals surface area contributed by atoms with Gasteiger partial charge in [-0.05, 0) is 63.1 Å². The van der Waals surface area contributed by atoms with E-state index < -0.39 is 28.5 Å². The Morgan fingerprint density at radius 2 is 1.51 bits per heavy atom. The van der Waals surface area contributed by atoms with Crippen molar-refractivity contribution in [1.29, 1.82) is 0 Å². The van der Waals surface area contributed by atoms with Crippen LogP contribution in [0.25, 0.3) is 0 Å². The number of rotatable bonds is 10. The highest BCUT2D eigenvalue weighted by Crippen LogP contribution is 2.28. The van der Waals surface area contributed by atoms with Gasteiger partial charge in [0, 0.05) is 28.2 Å². The van der Waals surface area contributed by atoms with Crippen LogP contribution in [-0.2, 0) is 26.2 Å². The minimum absolute atomic E-state index is 0.0438. The van der Waals surface area contributed by atoms with Crippen LogP contribution in [0.1, 0.15) is 50.2 Å². The van der Waals surface area contributed by atoms with E-state index in [1.807, 2.05) is 6.92 Å². The smallest absolute Gasteiger partial charge is 0.264 e. The number of para-hydroxylation sites is 1. The predicted octanol–water partition coefficient (Wildman–Crippen LogP) is 6.36. The molecule has 218 valence electrons. The number of aryl methyl sites for hydroxylation is 1. The molecular formula is C31H35Cl2N3O4S. The zero-order valence-corrected chi connectivity index (χ0v) is 25.6. The Kier molecular flexibility index (Phi) is 10.3. The van der Waals surface area contributed by atoms with Crippen LogP contribution in [0.4, 0.5) is 5.69 Å². The van der Waals surface area contributed by atoms with Gasteiger partial charge in [0.15, 0.2) is 0 Å². The van der Waals surface area contributed by atoms with Crippen molar-refractivity contribution in [3.05, 3.63) is 94.0 Å². The van der Waals surface area contributed by atoms with E-state index in [1.165, 1.54) is 17.0 Å². The number of carbonyl (C=O) groups is 2. The first-order valence-corrected chi connectivity index (χ1v) is 15.9. The molecule has 1 fully saturated rings. The molecule has 2 amide bonds. The molecule has 0 saturated heterocycles. The van der Waals surface area contributed by atoms with Gasteiger partial charge in [0.1, 0.15) is 12.6 Å². The van der Waals surface area contributed by atoms with Crippen LogP contribution in [0.2, 0.25) is 10.0 Å². The zero-order chi connectivity index (χ0) is 29.6. The van der Waals surface area contributed by atoms with Gasteiger partial charge >= 0.3 is 0 Å². The van der Waals surface area contributed by atoms with E-state index in [4.69, 9.17) is 23.2 Å². The lowest BCUT2D eigenvalue weighted by Crippen LogP contribution is -2.53. The van der Waals surface area contributed by atoms with Gasteiger partial charge in [-0.2, -0.15) is 0 Å². The molecule has 1 saturated carbocycles. The highest BCUT2D eigenvalue weighted by Gasteiger charge is 2.33. The lowest BCUT2D eigenvalue weighted by molar-refractivity contribution is -0.139. The van der Waals surface area contributed by atoms with Crippen molar-refractivity contribution in [2.24, 2.45) is 0 Å². The first-order valence-electron chi connectivity index (χ1n) is 13.7.